The standard InChI is InChI=1S/C25H21F9N4O4/c1-22(2,24(30,31)25(32,33)34)36-21(42)13-6-38(17-14(27)3-11(26)4-15(17)28)19-12(18(13)41)5-16(29)20(35-19)37-7-23(8-37,9-39)10-40/h3-6,39-40H,7-10H2,1-2H3,(H,36,42). The van der Waals surface area contributed by atoms with Crippen molar-refractivity contribution in [1.29, 1.82) is 0 Å². The molecule has 1 aliphatic rings. The number of fused-ring (bicyclic) bond motifs is 1. The Morgan fingerprint density at radius 2 is 1.52 bits per heavy atom. The molecule has 1 fully saturated rings. The number of hydrogen-bond donors (Lipinski definition) is 3. The van der Waals surface area contributed by atoms with Crippen LogP contribution in [0.5, 0.6) is 0 Å². The van der Waals surface area contributed by atoms with Gasteiger partial charge in [-0.3, -0.25) is 14.2 Å². The molecule has 228 valence electrons. The molecule has 17 heteroatoms. The Hall–Kier alpha value is -3.86. The maximum atomic E-state index is 15.2. The van der Waals surface area contributed by atoms with E-state index in [4.69, 9.17) is 0 Å². The highest BCUT2D eigenvalue weighted by Crippen LogP contribution is 2.43. The molecule has 0 spiro atoms. The van der Waals surface area contributed by atoms with E-state index in [1.807, 2.05) is 0 Å². The van der Waals surface area contributed by atoms with Gasteiger partial charge in [-0.1, -0.05) is 0 Å². The number of alkyl halides is 5. The number of aliphatic hydroxyl groups excluding tert-OH is 2. The first-order chi connectivity index (χ1) is 19.3. The van der Waals surface area contributed by atoms with Crippen LogP contribution in [-0.4, -0.2) is 69.6 Å². The molecular formula is C25H21F9N4O4. The number of nitrogens with one attached hydrogen (secondary N) is 1. The van der Waals surface area contributed by atoms with E-state index in [2.05, 4.69) is 4.98 Å². The molecule has 0 atom stereocenters. The van der Waals surface area contributed by atoms with Crippen molar-refractivity contribution in [2.24, 2.45) is 5.41 Å². The first-order valence-corrected chi connectivity index (χ1v) is 11.9. The molecular weight excluding hydrogens is 591 g/mol. The molecule has 1 aliphatic heterocycles. The predicted octanol–water partition coefficient (Wildman–Crippen LogP) is 3.44. The number of aromatic nitrogens is 2. The SMILES string of the molecule is CC(C)(NC(=O)c1cn(-c2c(F)cc(F)cc2F)c2nc(N3CC(CO)(CO)C3)c(F)cc2c1=O)C(F)(F)C(F)(F)F. The Kier molecular flexibility index (Phi) is 7.51. The fourth-order valence-electron chi connectivity index (χ4n) is 4.48. The molecule has 3 aromatic rings. The molecule has 2 aromatic heterocycles. The third kappa shape index (κ3) is 4.93. The van der Waals surface area contributed by atoms with Gasteiger partial charge in [-0.05, 0) is 19.9 Å². The average Bonchev–Trinajstić information content (AvgIpc) is 2.84. The van der Waals surface area contributed by atoms with E-state index in [1.54, 1.807) is 0 Å². The van der Waals surface area contributed by atoms with E-state index in [9.17, 15) is 54.9 Å². The number of benzene rings is 1. The van der Waals surface area contributed by atoms with Crippen LogP contribution in [0.25, 0.3) is 16.7 Å². The number of amides is 1. The Labute approximate surface area is 230 Å². The van der Waals surface area contributed by atoms with Crippen LogP contribution in [0.3, 0.4) is 0 Å². The lowest BCUT2D eigenvalue weighted by molar-refractivity contribution is -0.305. The molecule has 1 saturated heterocycles. The van der Waals surface area contributed by atoms with E-state index in [0.717, 1.165) is 0 Å². The zero-order valence-electron chi connectivity index (χ0n) is 21.6. The average molecular weight is 612 g/mol. The summed E-state index contributed by atoms with van der Waals surface area (Å²) in [4.78, 5) is 31.3. The molecule has 4 rings (SSSR count). The van der Waals surface area contributed by atoms with E-state index in [-0.39, 0.29) is 25.2 Å². The summed E-state index contributed by atoms with van der Waals surface area (Å²) in [5, 5.41) is 19.6. The van der Waals surface area contributed by atoms with Gasteiger partial charge in [0.05, 0.1) is 24.0 Å². The van der Waals surface area contributed by atoms with Gasteiger partial charge in [-0.25, -0.2) is 22.5 Å². The van der Waals surface area contributed by atoms with Gasteiger partial charge in [-0.2, -0.15) is 22.0 Å². The highest BCUT2D eigenvalue weighted by molar-refractivity contribution is 5.98. The molecule has 1 amide bonds. The monoisotopic (exact) mass is 612 g/mol. The van der Waals surface area contributed by atoms with Crippen LogP contribution < -0.4 is 15.6 Å². The van der Waals surface area contributed by atoms with Gasteiger partial charge in [0.2, 0.25) is 5.43 Å². The smallest absolute Gasteiger partial charge is 0.396 e. The summed E-state index contributed by atoms with van der Waals surface area (Å²) in [5.41, 5.74) is -8.92. The summed E-state index contributed by atoms with van der Waals surface area (Å²) in [7, 11) is 0. The molecule has 0 aliphatic carbocycles. The first-order valence-electron chi connectivity index (χ1n) is 11.9. The summed E-state index contributed by atoms with van der Waals surface area (Å²) < 4.78 is 126. The molecule has 8 nitrogen and oxygen atoms in total. The second kappa shape index (κ2) is 10.1. The summed E-state index contributed by atoms with van der Waals surface area (Å²) in [5.74, 6) is -13.7. The molecule has 3 N–H and O–H groups in total. The fraction of sp³-hybridized carbons (Fsp3) is 0.400. The second-order valence-corrected chi connectivity index (χ2v) is 10.4. The Morgan fingerprint density at radius 3 is 2.02 bits per heavy atom. The van der Waals surface area contributed by atoms with Crippen molar-refractivity contribution >= 4 is 22.8 Å². The topological polar surface area (TPSA) is 108 Å². The number of anilines is 1. The lowest BCUT2D eigenvalue weighted by atomic mass is 9.81. The Balaban J connectivity index is 1.94. The number of nitrogens with zero attached hydrogens (tertiary/aromatic N) is 3. The molecule has 0 saturated carbocycles. The Bertz CT molecular complexity index is 1600. The largest absolute Gasteiger partial charge is 0.455 e. The first kappa shape index (κ1) is 31.1. The summed E-state index contributed by atoms with van der Waals surface area (Å²) in [6, 6.07) is 0.928. The maximum Gasteiger partial charge on any atom is 0.455 e. The highest BCUT2D eigenvalue weighted by atomic mass is 19.4. The van der Waals surface area contributed by atoms with Crippen LogP contribution in [0.1, 0.15) is 24.2 Å². The minimum Gasteiger partial charge on any atom is -0.396 e. The lowest BCUT2D eigenvalue weighted by Gasteiger charge is -2.48. The number of rotatable bonds is 7. The van der Waals surface area contributed by atoms with Crippen molar-refractivity contribution in [2.45, 2.75) is 31.5 Å². The summed E-state index contributed by atoms with van der Waals surface area (Å²) in [6.07, 6.45) is -5.74. The van der Waals surface area contributed by atoms with Crippen LogP contribution in [0.2, 0.25) is 0 Å². The summed E-state index contributed by atoms with van der Waals surface area (Å²) in [6.45, 7) is -0.626. The van der Waals surface area contributed by atoms with E-state index in [0.29, 0.717) is 30.7 Å². The molecule has 42 heavy (non-hydrogen) atoms. The molecule has 1 aromatic carbocycles. The third-order valence-electron chi connectivity index (χ3n) is 6.97. The number of carbonyl (C=O) groups excluding carboxylic acids is 1. The quantitative estimate of drug-likeness (QED) is 0.353. The number of hydrogen-bond acceptors (Lipinski definition) is 6. The molecule has 0 unspecified atom stereocenters. The van der Waals surface area contributed by atoms with Gasteiger partial charge in [0, 0.05) is 31.4 Å². The van der Waals surface area contributed by atoms with Gasteiger partial charge >= 0.3 is 12.1 Å². The van der Waals surface area contributed by atoms with Gasteiger partial charge in [-0.15, -0.1) is 0 Å². The minimum absolute atomic E-state index is 0.137. The highest BCUT2D eigenvalue weighted by Gasteiger charge is 2.67. The van der Waals surface area contributed by atoms with Crippen LogP contribution in [0.4, 0.5) is 45.3 Å². The van der Waals surface area contributed by atoms with Crippen LogP contribution in [0.15, 0.2) is 29.2 Å². The van der Waals surface area contributed by atoms with E-state index >= 15 is 4.39 Å². The maximum absolute atomic E-state index is 15.2. The third-order valence-corrected chi connectivity index (χ3v) is 6.97. The van der Waals surface area contributed by atoms with E-state index in [1.165, 1.54) is 10.2 Å². The lowest BCUT2D eigenvalue weighted by Crippen LogP contribution is -2.62. The number of pyridine rings is 2. The van der Waals surface area contributed by atoms with Crippen molar-refractivity contribution < 1.29 is 54.5 Å². The number of halogens is 9. The van der Waals surface area contributed by atoms with Crippen LogP contribution in [-0.2, 0) is 0 Å². The predicted molar refractivity (Wildman–Crippen MR) is 129 cm³/mol. The van der Waals surface area contributed by atoms with E-state index < -0.39 is 99.0 Å². The van der Waals surface area contributed by atoms with Crippen LogP contribution in [0, 0.1) is 28.7 Å². The van der Waals surface area contributed by atoms with Gasteiger partial charge in [0.15, 0.2) is 28.9 Å². The fourth-order valence-corrected chi connectivity index (χ4v) is 4.48. The Morgan fingerprint density at radius 1 is 0.976 bits per heavy atom. The van der Waals surface area contributed by atoms with Crippen molar-refractivity contribution in [3.8, 4) is 5.69 Å². The normalized spacial score (nSPS) is 15.6. The van der Waals surface area contributed by atoms with Gasteiger partial charge in [0.25, 0.3) is 5.91 Å². The van der Waals surface area contributed by atoms with Crippen molar-refractivity contribution in [3.63, 3.8) is 0 Å². The second-order valence-electron chi connectivity index (χ2n) is 10.4. The van der Waals surface area contributed by atoms with Crippen LogP contribution >= 0.6 is 0 Å². The summed E-state index contributed by atoms with van der Waals surface area (Å²) >= 11 is 0. The van der Waals surface area contributed by atoms with Crippen molar-refractivity contribution in [2.75, 3.05) is 31.2 Å². The van der Waals surface area contributed by atoms with Gasteiger partial charge in [0.1, 0.15) is 22.6 Å². The zero-order chi connectivity index (χ0) is 31.6. The van der Waals surface area contributed by atoms with Crippen molar-refractivity contribution in [1.82, 2.24) is 14.9 Å². The zero-order valence-corrected chi connectivity index (χ0v) is 21.6. The molecule has 0 radical (unpaired) electrons. The van der Waals surface area contributed by atoms with Gasteiger partial charge < -0.3 is 20.4 Å². The number of aliphatic hydroxyl groups is 2. The number of carbonyl (C=O) groups is 1. The van der Waals surface area contributed by atoms with Crippen molar-refractivity contribution in [3.05, 3.63) is 63.5 Å². The molecule has 3 heterocycles. The minimum atomic E-state index is -6.13. The molecule has 0 bridgehead atoms.